The van der Waals surface area contributed by atoms with Crippen molar-refractivity contribution in [3.05, 3.63) is 11.9 Å². The van der Waals surface area contributed by atoms with Crippen molar-refractivity contribution in [2.75, 3.05) is 6.54 Å². The molecule has 0 spiro atoms. The highest BCUT2D eigenvalue weighted by Crippen LogP contribution is 2.14. The van der Waals surface area contributed by atoms with Crippen LogP contribution in [0.25, 0.3) is 0 Å². The van der Waals surface area contributed by atoms with Crippen LogP contribution in [0.1, 0.15) is 37.2 Å². The number of hydrogen-bond donors (Lipinski definition) is 3. The fourth-order valence-corrected chi connectivity index (χ4v) is 1.79. The first kappa shape index (κ1) is 14.1. The highest BCUT2D eigenvalue weighted by atomic mass is 16.4. The fraction of sp³-hybridized carbons (Fsp3) is 0.636. The maximum atomic E-state index is 11.6. The van der Waals surface area contributed by atoms with Crippen LogP contribution >= 0.6 is 0 Å². The standard InChI is InChI=1S/C11H18N4O3/c1-7(2)3-8(4-10(16)17)5-12-11(18)9-6-13-15-14-9/h6-8H,3-5H2,1-2H3,(H,12,18)(H,16,17)(H,13,14,15)/t8-/m0/s1. The number of nitrogens with zero attached hydrogens (tertiary/aromatic N) is 2. The van der Waals surface area contributed by atoms with Crippen molar-refractivity contribution in [3.8, 4) is 0 Å². The number of aromatic nitrogens is 3. The minimum absolute atomic E-state index is 0.0529. The zero-order valence-corrected chi connectivity index (χ0v) is 10.5. The lowest BCUT2D eigenvalue weighted by molar-refractivity contribution is -0.138. The van der Waals surface area contributed by atoms with Gasteiger partial charge in [0.05, 0.1) is 6.20 Å². The monoisotopic (exact) mass is 254 g/mol. The molecule has 7 heteroatoms. The summed E-state index contributed by atoms with van der Waals surface area (Å²) in [5, 5.41) is 21.0. The minimum atomic E-state index is -0.851. The summed E-state index contributed by atoms with van der Waals surface area (Å²) in [4.78, 5) is 22.3. The van der Waals surface area contributed by atoms with Crippen LogP contribution in [0, 0.1) is 11.8 Å². The molecule has 0 saturated heterocycles. The summed E-state index contributed by atoms with van der Waals surface area (Å²) in [5.74, 6) is -0.879. The first-order valence-electron chi connectivity index (χ1n) is 5.84. The predicted molar refractivity (Wildman–Crippen MR) is 63.9 cm³/mol. The van der Waals surface area contributed by atoms with Gasteiger partial charge in [-0.1, -0.05) is 13.8 Å². The smallest absolute Gasteiger partial charge is 0.303 e. The lowest BCUT2D eigenvalue weighted by atomic mass is 9.94. The molecule has 1 atom stereocenters. The lowest BCUT2D eigenvalue weighted by Crippen LogP contribution is -2.31. The van der Waals surface area contributed by atoms with Gasteiger partial charge >= 0.3 is 5.97 Å². The molecule has 3 N–H and O–H groups in total. The molecule has 0 aliphatic carbocycles. The Bertz CT molecular complexity index is 389. The molecule has 1 rings (SSSR count). The highest BCUT2D eigenvalue weighted by molar-refractivity contribution is 5.91. The van der Waals surface area contributed by atoms with Crippen molar-refractivity contribution in [2.45, 2.75) is 26.7 Å². The van der Waals surface area contributed by atoms with E-state index in [0.29, 0.717) is 12.5 Å². The molecule has 0 fully saturated rings. The van der Waals surface area contributed by atoms with Gasteiger partial charge in [-0.2, -0.15) is 15.4 Å². The molecule has 18 heavy (non-hydrogen) atoms. The Morgan fingerprint density at radius 3 is 2.72 bits per heavy atom. The Morgan fingerprint density at radius 1 is 1.50 bits per heavy atom. The second kappa shape index (κ2) is 6.73. The zero-order valence-electron chi connectivity index (χ0n) is 10.5. The summed E-state index contributed by atoms with van der Waals surface area (Å²) < 4.78 is 0. The molecule has 0 aliphatic rings. The lowest BCUT2D eigenvalue weighted by Gasteiger charge is -2.17. The fourth-order valence-electron chi connectivity index (χ4n) is 1.79. The molecule has 1 amide bonds. The molecule has 1 aromatic heterocycles. The van der Waals surface area contributed by atoms with E-state index in [1.54, 1.807) is 0 Å². The van der Waals surface area contributed by atoms with Crippen LogP contribution in [0.3, 0.4) is 0 Å². The Labute approximate surface area is 105 Å². The Morgan fingerprint density at radius 2 is 2.22 bits per heavy atom. The number of carbonyl (C=O) groups is 2. The first-order chi connectivity index (χ1) is 8.49. The van der Waals surface area contributed by atoms with Crippen molar-refractivity contribution >= 4 is 11.9 Å². The first-order valence-corrected chi connectivity index (χ1v) is 5.84. The van der Waals surface area contributed by atoms with Crippen molar-refractivity contribution in [1.82, 2.24) is 20.7 Å². The molecule has 7 nitrogen and oxygen atoms in total. The van der Waals surface area contributed by atoms with Crippen LogP contribution in [0.5, 0.6) is 0 Å². The molecule has 0 aromatic carbocycles. The molecule has 0 bridgehead atoms. The number of H-pyrrole nitrogens is 1. The van der Waals surface area contributed by atoms with Crippen LogP contribution in [0.2, 0.25) is 0 Å². The van der Waals surface area contributed by atoms with E-state index in [1.165, 1.54) is 6.20 Å². The number of aromatic amines is 1. The van der Waals surface area contributed by atoms with E-state index >= 15 is 0 Å². The highest BCUT2D eigenvalue weighted by Gasteiger charge is 2.17. The molecule has 0 aliphatic heterocycles. The Balaban J connectivity index is 2.45. The summed E-state index contributed by atoms with van der Waals surface area (Å²) >= 11 is 0. The SMILES string of the molecule is CC(C)C[C@H](CNC(=O)c1cn[nH]n1)CC(=O)O. The Kier molecular flexibility index (Phi) is 5.29. The van der Waals surface area contributed by atoms with E-state index in [2.05, 4.69) is 20.7 Å². The van der Waals surface area contributed by atoms with Gasteiger partial charge in [0, 0.05) is 13.0 Å². The summed E-state index contributed by atoms with van der Waals surface area (Å²) in [6.45, 7) is 4.37. The van der Waals surface area contributed by atoms with E-state index in [-0.39, 0.29) is 23.9 Å². The molecule has 100 valence electrons. The van der Waals surface area contributed by atoms with Crippen LogP contribution < -0.4 is 5.32 Å². The number of carboxylic acids is 1. The van der Waals surface area contributed by atoms with Gasteiger partial charge in [-0.05, 0) is 18.3 Å². The average molecular weight is 254 g/mol. The zero-order chi connectivity index (χ0) is 13.5. The van der Waals surface area contributed by atoms with Gasteiger partial charge in [-0.15, -0.1) is 0 Å². The van der Waals surface area contributed by atoms with Crippen molar-refractivity contribution in [3.63, 3.8) is 0 Å². The summed E-state index contributed by atoms with van der Waals surface area (Å²) in [7, 11) is 0. The minimum Gasteiger partial charge on any atom is -0.481 e. The third kappa shape index (κ3) is 4.94. The second-order valence-corrected chi connectivity index (χ2v) is 4.66. The third-order valence-electron chi connectivity index (χ3n) is 2.47. The number of aliphatic carboxylic acids is 1. The summed E-state index contributed by atoms with van der Waals surface area (Å²) in [6, 6.07) is 0. The number of rotatable bonds is 7. The number of nitrogens with one attached hydrogen (secondary N) is 2. The molecule has 0 saturated carbocycles. The van der Waals surface area contributed by atoms with E-state index in [4.69, 9.17) is 5.11 Å². The quantitative estimate of drug-likeness (QED) is 0.662. The van der Waals surface area contributed by atoms with Gasteiger partial charge < -0.3 is 10.4 Å². The topological polar surface area (TPSA) is 108 Å². The van der Waals surface area contributed by atoms with E-state index in [1.807, 2.05) is 13.8 Å². The van der Waals surface area contributed by atoms with E-state index < -0.39 is 5.97 Å². The summed E-state index contributed by atoms with van der Waals surface area (Å²) in [6.07, 6.45) is 2.13. The average Bonchev–Trinajstić information content (AvgIpc) is 2.77. The van der Waals surface area contributed by atoms with Crippen LogP contribution in [-0.4, -0.2) is 38.9 Å². The van der Waals surface area contributed by atoms with Gasteiger partial charge in [0.2, 0.25) is 0 Å². The van der Waals surface area contributed by atoms with Crippen LogP contribution in [-0.2, 0) is 4.79 Å². The van der Waals surface area contributed by atoms with Crippen LogP contribution in [0.15, 0.2) is 6.20 Å². The van der Waals surface area contributed by atoms with Crippen molar-refractivity contribution in [2.24, 2.45) is 11.8 Å². The molecule has 0 unspecified atom stereocenters. The predicted octanol–water partition coefficient (Wildman–Crippen LogP) is 0.671. The molecular weight excluding hydrogens is 236 g/mol. The van der Waals surface area contributed by atoms with Crippen molar-refractivity contribution < 1.29 is 14.7 Å². The molecular formula is C11H18N4O3. The van der Waals surface area contributed by atoms with Gasteiger partial charge in [-0.25, -0.2) is 0 Å². The number of amides is 1. The van der Waals surface area contributed by atoms with Crippen LogP contribution in [0.4, 0.5) is 0 Å². The summed E-state index contributed by atoms with van der Waals surface area (Å²) in [5.41, 5.74) is 0.202. The van der Waals surface area contributed by atoms with Gasteiger partial charge in [0.1, 0.15) is 0 Å². The van der Waals surface area contributed by atoms with Gasteiger partial charge in [-0.3, -0.25) is 9.59 Å². The van der Waals surface area contributed by atoms with E-state index in [9.17, 15) is 9.59 Å². The normalized spacial score (nSPS) is 12.4. The number of hydrogen-bond acceptors (Lipinski definition) is 4. The number of carbonyl (C=O) groups excluding carboxylic acids is 1. The van der Waals surface area contributed by atoms with E-state index in [0.717, 1.165) is 6.42 Å². The molecule has 0 radical (unpaired) electrons. The third-order valence-corrected chi connectivity index (χ3v) is 2.47. The number of carboxylic acid groups (broad SMARTS) is 1. The van der Waals surface area contributed by atoms with Gasteiger partial charge in [0.15, 0.2) is 5.69 Å². The maximum Gasteiger partial charge on any atom is 0.303 e. The van der Waals surface area contributed by atoms with Crippen molar-refractivity contribution in [1.29, 1.82) is 0 Å². The largest absolute Gasteiger partial charge is 0.481 e. The second-order valence-electron chi connectivity index (χ2n) is 4.66. The Hall–Kier alpha value is -1.92. The molecule has 1 heterocycles. The van der Waals surface area contributed by atoms with Gasteiger partial charge in [0.25, 0.3) is 5.91 Å². The maximum absolute atomic E-state index is 11.6. The molecule has 1 aromatic rings.